The van der Waals surface area contributed by atoms with Gasteiger partial charge in [-0.1, -0.05) is 0 Å². The molecule has 1 aliphatic heterocycles. The Morgan fingerprint density at radius 2 is 2.00 bits per heavy atom. The van der Waals surface area contributed by atoms with Crippen LogP contribution in [-0.2, 0) is 10.0 Å². The number of nitrogens with two attached hydrogens (primary N) is 1. The molecule has 0 unspecified atom stereocenters. The molecule has 118 valence electrons. The highest BCUT2D eigenvalue weighted by Gasteiger charge is 2.32. The van der Waals surface area contributed by atoms with Gasteiger partial charge in [0.25, 0.3) is 0 Å². The lowest BCUT2D eigenvalue weighted by Crippen LogP contribution is -2.47. The second kappa shape index (κ2) is 6.29. The molecule has 21 heavy (non-hydrogen) atoms. The minimum absolute atomic E-state index is 0.0182. The quantitative estimate of drug-likeness (QED) is 0.902. The second-order valence-electron chi connectivity index (χ2n) is 5.77. The normalized spacial score (nSPS) is 18.5. The third kappa shape index (κ3) is 3.36. The topological polar surface area (TPSA) is 79.5 Å². The van der Waals surface area contributed by atoms with Crippen LogP contribution in [0.3, 0.4) is 0 Å². The molecule has 2 heterocycles. The lowest BCUT2D eigenvalue weighted by atomic mass is 10.0. The van der Waals surface area contributed by atoms with Gasteiger partial charge in [0.05, 0.1) is 0 Å². The Kier molecular flexibility index (Phi) is 4.85. The minimum Gasteiger partial charge on any atom is -0.383 e. The van der Waals surface area contributed by atoms with Crippen LogP contribution in [-0.4, -0.2) is 54.8 Å². The van der Waals surface area contributed by atoms with E-state index in [1.54, 1.807) is 13.1 Å². The molecular formula is C14H24N4O2S. The Labute approximate surface area is 127 Å². The average molecular weight is 312 g/mol. The van der Waals surface area contributed by atoms with Crippen molar-refractivity contribution in [1.29, 1.82) is 0 Å². The van der Waals surface area contributed by atoms with Gasteiger partial charge >= 0.3 is 0 Å². The molecule has 1 aliphatic rings. The highest BCUT2D eigenvalue weighted by atomic mass is 32.2. The van der Waals surface area contributed by atoms with Crippen molar-refractivity contribution in [3.05, 3.63) is 18.3 Å². The fraction of sp³-hybridized carbons (Fsp3) is 0.643. The summed E-state index contributed by atoms with van der Waals surface area (Å²) in [5.74, 6) is 0.0592. The molecule has 1 fully saturated rings. The van der Waals surface area contributed by atoms with E-state index < -0.39 is 10.0 Å². The number of sulfonamides is 1. The standard InChI is InChI=1S/C14H24N4O2S/c1-11(2)18-9-6-12(7-10-18)17(3)21(19,20)13-5-4-8-16-14(13)15/h4-5,8,11-12H,6-7,9-10H2,1-3H3,(H2,15,16). The highest BCUT2D eigenvalue weighted by molar-refractivity contribution is 7.89. The fourth-order valence-electron chi connectivity index (χ4n) is 2.74. The monoisotopic (exact) mass is 312 g/mol. The average Bonchev–Trinajstić information content (AvgIpc) is 2.46. The van der Waals surface area contributed by atoms with Crippen LogP contribution in [0.25, 0.3) is 0 Å². The first kappa shape index (κ1) is 16.2. The highest BCUT2D eigenvalue weighted by Crippen LogP contribution is 2.25. The van der Waals surface area contributed by atoms with E-state index in [0.29, 0.717) is 6.04 Å². The number of hydrogen-bond acceptors (Lipinski definition) is 5. The van der Waals surface area contributed by atoms with Crippen molar-refractivity contribution in [2.45, 2.75) is 43.7 Å². The minimum atomic E-state index is -3.58. The van der Waals surface area contributed by atoms with Crippen molar-refractivity contribution in [1.82, 2.24) is 14.2 Å². The predicted molar refractivity (Wildman–Crippen MR) is 83.3 cm³/mol. The van der Waals surface area contributed by atoms with E-state index in [2.05, 4.69) is 23.7 Å². The number of hydrogen-bond donors (Lipinski definition) is 1. The van der Waals surface area contributed by atoms with Gasteiger partial charge in [-0.05, 0) is 51.9 Å². The van der Waals surface area contributed by atoms with Gasteiger partial charge in [-0.25, -0.2) is 13.4 Å². The van der Waals surface area contributed by atoms with E-state index in [1.807, 2.05) is 0 Å². The molecule has 0 amide bonds. The molecule has 0 aromatic carbocycles. The number of anilines is 1. The van der Waals surface area contributed by atoms with Crippen LogP contribution in [0.1, 0.15) is 26.7 Å². The summed E-state index contributed by atoms with van der Waals surface area (Å²) in [6.07, 6.45) is 3.18. The lowest BCUT2D eigenvalue weighted by molar-refractivity contribution is 0.140. The van der Waals surface area contributed by atoms with E-state index in [9.17, 15) is 8.42 Å². The van der Waals surface area contributed by atoms with Gasteiger partial charge in [0.15, 0.2) is 0 Å². The molecule has 0 radical (unpaired) electrons. The molecule has 1 aromatic rings. The summed E-state index contributed by atoms with van der Waals surface area (Å²) in [5.41, 5.74) is 5.71. The maximum atomic E-state index is 12.7. The first-order valence-corrected chi connectivity index (χ1v) is 8.70. The van der Waals surface area contributed by atoms with E-state index >= 15 is 0 Å². The molecule has 1 aromatic heterocycles. The zero-order valence-electron chi connectivity index (χ0n) is 12.9. The van der Waals surface area contributed by atoms with Crippen molar-refractivity contribution in [2.24, 2.45) is 0 Å². The van der Waals surface area contributed by atoms with Crippen LogP contribution < -0.4 is 5.73 Å². The lowest BCUT2D eigenvalue weighted by Gasteiger charge is -2.38. The van der Waals surface area contributed by atoms with Crippen LogP contribution in [0, 0.1) is 0 Å². The van der Waals surface area contributed by atoms with E-state index in [0.717, 1.165) is 25.9 Å². The van der Waals surface area contributed by atoms with Crippen molar-refractivity contribution in [3.8, 4) is 0 Å². The zero-order valence-corrected chi connectivity index (χ0v) is 13.7. The van der Waals surface area contributed by atoms with Gasteiger partial charge in [-0.15, -0.1) is 0 Å². The molecule has 0 atom stereocenters. The Morgan fingerprint density at radius 1 is 1.38 bits per heavy atom. The summed E-state index contributed by atoms with van der Waals surface area (Å²) in [6, 6.07) is 3.63. The molecule has 2 rings (SSSR count). The smallest absolute Gasteiger partial charge is 0.246 e. The van der Waals surface area contributed by atoms with Gasteiger partial charge < -0.3 is 10.6 Å². The summed E-state index contributed by atoms with van der Waals surface area (Å²) < 4.78 is 26.8. The third-order valence-electron chi connectivity index (χ3n) is 4.20. The Bertz CT molecular complexity index is 580. The third-order valence-corrected chi connectivity index (χ3v) is 6.16. The van der Waals surface area contributed by atoms with Crippen LogP contribution in [0.2, 0.25) is 0 Å². The van der Waals surface area contributed by atoms with Crippen LogP contribution in [0.5, 0.6) is 0 Å². The number of pyridine rings is 1. The van der Waals surface area contributed by atoms with Crippen molar-refractivity contribution in [3.63, 3.8) is 0 Å². The van der Waals surface area contributed by atoms with Crippen molar-refractivity contribution in [2.75, 3.05) is 25.9 Å². The van der Waals surface area contributed by atoms with Gasteiger partial charge in [-0.3, -0.25) is 0 Å². The summed E-state index contributed by atoms with van der Waals surface area (Å²) in [6.45, 7) is 6.17. The van der Waals surface area contributed by atoms with Gasteiger partial charge in [0.2, 0.25) is 10.0 Å². The molecule has 0 bridgehead atoms. The van der Waals surface area contributed by atoms with E-state index in [1.165, 1.54) is 16.6 Å². The van der Waals surface area contributed by atoms with Gasteiger partial charge in [0, 0.05) is 25.3 Å². The molecule has 6 nitrogen and oxygen atoms in total. The van der Waals surface area contributed by atoms with E-state index in [4.69, 9.17) is 5.73 Å². The Balaban J connectivity index is 2.13. The number of aromatic nitrogens is 1. The van der Waals surface area contributed by atoms with E-state index in [-0.39, 0.29) is 16.8 Å². The SMILES string of the molecule is CC(C)N1CCC(N(C)S(=O)(=O)c2cccnc2N)CC1. The largest absolute Gasteiger partial charge is 0.383 e. The Morgan fingerprint density at radius 3 is 2.52 bits per heavy atom. The Hall–Kier alpha value is -1.18. The fourth-order valence-corrected chi connectivity index (χ4v) is 4.22. The summed E-state index contributed by atoms with van der Waals surface area (Å²) >= 11 is 0. The molecule has 1 saturated heterocycles. The molecular weight excluding hydrogens is 288 g/mol. The molecule has 0 aliphatic carbocycles. The predicted octanol–water partition coefficient (Wildman–Crippen LogP) is 1.16. The van der Waals surface area contributed by atoms with Crippen LogP contribution in [0.4, 0.5) is 5.82 Å². The summed E-state index contributed by atoms with van der Waals surface area (Å²) in [4.78, 5) is 6.34. The number of piperidine rings is 1. The maximum absolute atomic E-state index is 12.7. The molecule has 0 spiro atoms. The number of nitrogens with zero attached hydrogens (tertiary/aromatic N) is 3. The van der Waals surface area contributed by atoms with Crippen molar-refractivity contribution >= 4 is 15.8 Å². The number of rotatable bonds is 4. The van der Waals surface area contributed by atoms with Gasteiger partial charge in [0.1, 0.15) is 10.7 Å². The summed E-state index contributed by atoms with van der Waals surface area (Å²) in [5, 5.41) is 0. The van der Waals surface area contributed by atoms with Crippen molar-refractivity contribution < 1.29 is 8.42 Å². The van der Waals surface area contributed by atoms with Crippen LogP contribution >= 0.6 is 0 Å². The second-order valence-corrected chi connectivity index (χ2v) is 7.73. The molecule has 0 saturated carbocycles. The summed E-state index contributed by atoms with van der Waals surface area (Å²) in [7, 11) is -1.94. The molecule has 2 N–H and O–H groups in total. The van der Waals surface area contributed by atoms with Gasteiger partial charge in [-0.2, -0.15) is 4.31 Å². The zero-order chi connectivity index (χ0) is 15.6. The number of nitrogen functional groups attached to an aromatic ring is 1. The maximum Gasteiger partial charge on any atom is 0.246 e. The first-order valence-electron chi connectivity index (χ1n) is 7.26. The van der Waals surface area contributed by atoms with Crippen LogP contribution in [0.15, 0.2) is 23.2 Å². The number of likely N-dealkylation sites (tertiary alicyclic amines) is 1. The molecule has 7 heteroatoms. The first-order chi connectivity index (χ1) is 9.84.